The number of halogens is 2. The lowest BCUT2D eigenvalue weighted by molar-refractivity contribution is 0.286. The topological polar surface area (TPSA) is 42.8 Å². The third-order valence-corrected chi connectivity index (χ3v) is 5.06. The number of hydrogen-bond donors (Lipinski definition) is 1. The number of rotatable bonds is 7. The number of nitrogens with one attached hydrogen (secondary N) is 1. The maximum Gasteiger partial charge on any atom is 0.176 e. The Morgan fingerprint density at radius 1 is 1.04 bits per heavy atom. The van der Waals surface area contributed by atoms with Gasteiger partial charge in [-0.25, -0.2) is 0 Å². The van der Waals surface area contributed by atoms with E-state index in [1.54, 1.807) is 6.21 Å². The average Bonchev–Trinajstić information content (AvgIpc) is 2.57. The second kappa shape index (κ2) is 8.93. The van der Waals surface area contributed by atoms with Crippen LogP contribution < -0.4 is 14.9 Å². The number of ether oxygens (including phenoxy) is 2. The first-order valence-electron chi connectivity index (χ1n) is 7.29. The van der Waals surface area contributed by atoms with E-state index >= 15 is 0 Å². The summed E-state index contributed by atoms with van der Waals surface area (Å²) in [7, 11) is 0. The maximum absolute atomic E-state index is 5.67. The van der Waals surface area contributed by atoms with Gasteiger partial charge >= 0.3 is 0 Å². The van der Waals surface area contributed by atoms with Gasteiger partial charge in [-0.15, -0.1) is 0 Å². The lowest BCUT2D eigenvalue weighted by atomic mass is 10.2. The Morgan fingerprint density at radius 3 is 2.39 bits per heavy atom. The van der Waals surface area contributed by atoms with E-state index in [0.717, 1.165) is 20.2 Å². The number of nitrogens with zero attached hydrogens (tertiary/aromatic N) is 1. The number of hydrazone groups is 1. The van der Waals surface area contributed by atoms with E-state index in [1.165, 1.54) is 0 Å². The van der Waals surface area contributed by atoms with Crippen molar-refractivity contribution in [2.45, 2.75) is 13.8 Å². The Kier molecular flexibility index (Phi) is 6.92. The molecule has 1 N–H and O–H groups in total. The summed E-state index contributed by atoms with van der Waals surface area (Å²) in [5, 5.41) is 4.27. The fourth-order valence-corrected chi connectivity index (χ4v) is 2.86. The predicted molar refractivity (Wildman–Crippen MR) is 102 cm³/mol. The van der Waals surface area contributed by atoms with Gasteiger partial charge in [-0.1, -0.05) is 18.2 Å². The standard InChI is InChI=1S/C17H18Br2N2O2/c1-3-22-14-10-12(15(18)16(19)17(14)23-4-2)11-20-21-13-8-6-5-7-9-13/h5-11,21H,3-4H2,1-2H3. The molecule has 122 valence electrons. The summed E-state index contributed by atoms with van der Waals surface area (Å²) in [4.78, 5) is 0. The Morgan fingerprint density at radius 2 is 1.74 bits per heavy atom. The van der Waals surface area contributed by atoms with Gasteiger partial charge in [0.15, 0.2) is 11.5 Å². The van der Waals surface area contributed by atoms with Crippen molar-refractivity contribution in [1.82, 2.24) is 0 Å². The van der Waals surface area contributed by atoms with Crippen LogP contribution in [0.4, 0.5) is 5.69 Å². The Balaban J connectivity index is 2.27. The molecule has 0 heterocycles. The number of hydrogen-bond acceptors (Lipinski definition) is 4. The summed E-state index contributed by atoms with van der Waals surface area (Å²) >= 11 is 7.13. The van der Waals surface area contributed by atoms with Crippen molar-refractivity contribution in [2.24, 2.45) is 5.10 Å². The monoisotopic (exact) mass is 440 g/mol. The van der Waals surface area contributed by atoms with Crippen molar-refractivity contribution in [2.75, 3.05) is 18.6 Å². The molecule has 0 saturated heterocycles. The van der Waals surface area contributed by atoms with E-state index in [-0.39, 0.29) is 0 Å². The van der Waals surface area contributed by atoms with Crippen LogP contribution in [0.1, 0.15) is 19.4 Å². The minimum atomic E-state index is 0.562. The van der Waals surface area contributed by atoms with Crippen LogP contribution in [0.25, 0.3) is 0 Å². The van der Waals surface area contributed by atoms with E-state index < -0.39 is 0 Å². The second-order valence-corrected chi connectivity index (χ2v) is 6.11. The van der Waals surface area contributed by atoms with Crippen molar-refractivity contribution < 1.29 is 9.47 Å². The van der Waals surface area contributed by atoms with Crippen LogP contribution in [0.15, 0.2) is 50.4 Å². The van der Waals surface area contributed by atoms with Crippen molar-refractivity contribution in [3.05, 3.63) is 50.9 Å². The molecule has 2 rings (SSSR count). The van der Waals surface area contributed by atoms with Gasteiger partial charge in [-0.2, -0.15) is 5.10 Å². The van der Waals surface area contributed by atoms with Crippen LogP contribution >= 0.6 is 31.9 Å². The lowest BCUT2D eigenvalue weighted by Crippen LogP contribution is -2.01. The molecular weight excluding hydrogens is 424 g/mol. The lowest BCUT2D eigenvalue weighted by Gasteiger charge is -2.15. The molecule has 0 atom stereocenters. The molecule has 2 aromatic carbocycles. The number of benzene rings is 2. The smallest absolute Gasteiger partial charge is 0.176 e. The minimum Gasteiger partial charge on any atom is -0.490 e. The summed E-state index contributed by atoms with van der Waals surface area (Å²) in [6.45, 7) is 5.01. The van der Waals surface area contributed by atoms with Gasteiger partial charge in [-0.3, -0.25) is 5.43 Å². The van der Waals surface area contributed by atoms with Gasteiger partial charge in [0.25, 0.3) is 0 Å². The summed E-state index contributed by atoms with van der Waals surface area (Å²) in [6.07, 6.45) is 1.74. The zero-order valence-corrected chi connectivity index (χ0v) is 16.1. The van der Waals surface area contributed by atoms with Crippen LogP contribution in [0.3, 0.4) is 0 Å². The molecule has 0 aliphatic heterocycles. The Hall–Kier alpha value is -1.53. The fraction of sp³-hybridized carbons (Fsp3) is 0.235. The van der Waals surface area contributed by atoms with E-state index in [9.17, 15) is 0 Å². The highest BCUT2D eigenvalue weighted by atomic mass is 79.9. The normalized spacial score (nSPS) is 10.8. The molecule has 0 aliphatic rings. The van der Waals surface area contributed by atoms with Crippen LogP contribution in [-0.2, 0) is 0 Å². The molecule has 0 saturated carbocycles. The minimum absolute atomic E-state index is 0.562. The Labute approximate surface area is 153 Å². The highest BCUT2D eigenvalue weighted by Crippen LogP contribution is 2.42. The fourth-order valence-electron chi connectivity index (χ4n) is 1.93. The quantitative estimate of drug-likeness (QED) is 0.458. The summed E-state index contributed by atoms with van der Waals surface area (Å²) in [6, 6.07) is 11.7. The van der Waals surface area contributed by atoms with Gasteiger partial charge in [0, 0.05) is 10.0 Å². The summed E-state index contributed by atoms with van der Waals surface area (Å²) < 4.78 is 13.0. The molecule has 0 aliphatic carbocycles. The second-order valence-electron chi connectivity index (χ2n) is 4.52. The zero-order chi connectivity index (χ0) is 16.7. The molecule has 0 fully saturated rings. The van der Waals surface area contributed by atoms with Gasteiger partial charge in [0.05, 0.1) is 29.6 Å². The summed E-state index contributed by atoms with van der Waals surface area (Å²) in [5.74, 6) is 1.37. The van der Waals surface area contributed by atoms with E-state index in [2.05, 4.69) is 42.4 Å². The molecule has 4 nitrogen and oxygen atoms in total. The molecular formula is C17H18Br2N2O2. The zero-order valence-electron chi connectivity index (χ0n) is 13.0. The molecule has 0 spiro atoms. The molecule has 6 heteroatoms. The van der Waals surface area contributed by atoms with Crippen molar-refractivity contribution >= 4 is 43.8 Å². The first-order valence-corrected chi connectivity index (χ1v) is 8.87. The largest absolute Gasteiger partial charge is 0.490 e. The van der Waals surface area contributed by atoms with E-state index in [1.807, 2.05) is 50.2 Å². The van der Waals surface area contributed by atoms with Crippen LogP contribution in [0.5, 0.6) is 11.5 Å². The van der Waals surface area contributed by atoms with Crippen LogP contribution in [-0.4, -0.2) is 19.4 Å². The van der Waals surface area contributed by atoms with Crippen molar-refractivity contribution in [1.29, 1.82) is 0 Å². The van der Waals surface area contributed by atoms with Crippen molar-refractivity contribution in [3.63, 3.8) is 0 Å². The van der Waals surface area contributed by atoms with E-state index in [0.29, 0.717) is 24.7 Å². The van der Waals surface area contributed by atoms with Gasteiger partial charge in [-0.05, 0) is 63.9 Å². The molecule has 23 heavy (non-hydrogen) atoms. The number of anilines is 1. The van der Waals surface area contributed by atoms with Gasteiger partial charge < -0.3 is 9.47 Å². The molecule has 0 radical (unpaired) electrons. The molecule has 0 aromatic heterocycles. The van der Waals surface area contributed by atoms with Gasteiger partial charge in [0.2, 0.25) is 0 Å². The summed E-state index contributed by atoms with van der Waals surface area (Å²) in [5.41, 5.74) is 4.80. The number of para-hydroxylation sites is 1. The third kappa shape index (κ3) is 4.72. The van der Waals surface area contributed by atoms with E-state index in [4.69, 9.17) is 9.47 Å². The maximum atomic E-state index is 5.67. The van der Waals surface area contributed by atoms with Crippen LogP contribution in [0.2, 0.25) is 0 Å². The van der Waals surface area contributed by atoms with Crippen LogP contribution in [0, 0.1) is 0 Å². The predicted octanol–water partition coefficient (Wildman–Crippen LogP) is 5.46. The third-order valence-electron chi connectivity index (χ3n) is 2.92. The Bertz CT molecular complexity index is 676. The first kappa shape index (κ1) is 17.8. The highest BCUT2D eigenvalue weighted by molar-refractivity contribution is 9.13. The molecule has 0 bridgehead atoms. The first-order chi connectivity index (χ1) is 11.2. The highest BCUT2D eigenvalue weighted by Gasteiger charge is 2.16. The molecule has 0 unspecified atom stereocenters. The average molecular weight is 442 g/mol. The van der Waals surface area contributed by atoms with Gasteiger partial charge in [0.1, 0.15) is 0 Å². The molecule has 2 aromatic rings. The molecule has 0 amide bonds. The SMILES string of the molecule is CCOc1cc(C=NNc2ccccc2)c(Br)c(Br)c1OCC. The van der Waals surface area contributed by atoms with Crippen molar-refractivity contribution in [3.8, 4) is 11.5 Å².